The monoisotopic (exact) mass is 656 g/mol. The van der Waals surface area contributed by atoms with Crippen molar-refractivity contribution in [1.29, 1.82) is 0 Å². The minimum absolute atomic E-state index is 0. The van der Waals surface area contributed by atoms with Crippen LogP contribution in [0.1, 0.15) is 158 Å². The molecular formula is C34H68MgN2S4. The molecule has 0 saturated carbocycles. The first-order valence-electron chi connectivity index (χ1n) is 17.1. The van der Waals surface area contributed by atoms with Gasteiger partial charge in [0.25, 0.3) is 0 Å². The Morgan fingerprint density at radius 3 is 0.780 bits per heavy atom. The van der Waals surface area contributed by atoms with Gasteiger partial charge in [0.15, 0.2) is 0 Å². The van der Waals surface area contributed by atoms with Crippen molar-refractivity contribution >= 4 is 81.4 Å². The van der Waals surface area contributed by atoms with E-state index in [2.05, 4.69) is 65.2 Å². The summed E-state index contributed by atoms with van der Waals surface area (Å²) in [5.41, 5.74) is 0. The van der Waals surface area contributed by atoms with Crippen LogP contribution >= 0.6 is 24.4 Å². The van der Waals surface area contributed by atoms with Crippen LogP contribution in [0.15, 0.2) is 0 Å². The molecule has 0 aromatic rings. The maximum atomic E-state index is 5.32. The Kier molecular flexibility index (Phi) is 36.7. The van der Waals surface area contributed by atoms with Gasteiger partial charge in [-0.3, -0.25) is 0 Å². The Balaban J connectivity index is -0.000000688. The third-order valence-corrected chi connectivity index (χ3v) is 9.64. The van der Waals surface area contributed by atoms with E-state index in [1.165, 1.54) is 103 Å². The van der Waals surface area contributed by atoms with E-state index in [4.69, 9.17) is 49.7 Å². The summed E-state index contributed by atoms with van der Waals surface area (Å²) in [5, 5.41) is 0. The molecule has 7 heteroatoms. The summed E-state index contributed by atoms with van der Waals surface area (Å²) in [5.74, 6) is 3.00. The van der Waals surface area contributed by atoms with Crippen molar-refractivity contribution in [2.45, 2.75) is 158 Å². The molecule has 0 fully saturated rings. The maximum Gasteiger partial charge on any atom is 2.00 e. The average Bonchev–Trinajstić information content (AvgIpc) is 2.95. The van der Waals surface area contributed by atoms with E-state index < -0.39 is 0 Å². The topological polar surface area (TPSA) is 6.48 Å². The molecule has 0 saturated heterocycles. The van der Waals surface area contributed by atoms with Gasteiger partial charge in [-0.2, -0.15) is 0 Å². The van der Waals surface area contributed by atoms with Crippen molar-refractivity contribution in [2.24, 2.45) is 23.7 Å². The Morgan fingerprint density at radius 1 is 0.463 bits per heavy atom. The molecule has 0 bridgehead atoms. The zero-order chi connectivity index (χ0) is 30.8. The normalized spacial score (nSPS) is 13.7. The Bertz CT molecular complexity index is 507. The largest absolute Gasteiger partial charge is 2.00 e. The molecule has 0 aromatic carbocycles. The molecule has 0 aliphatic carbocycles. The predicted molar refractivity (Wildman–Crippen MR) is 202 cm³/mol. The van der Waals surface area contributed by atoms with Crippen LogP contribution in [0.4, 0.5) is 0 Å². The van der Waals surface area contributed by atoms with Crippen LogP contribution in [0.2, 0.25) is 0 Å². The van der Waals surface area contributed by atoms with Gasteiger partial charge in [0.1, 0.15) is 0 Å². The molecule has 0 aliphatic rings. The van der Waals surface area contributed by atoms with Crippen molar-refractivity contribution in [1.82, 2.24) is 9.80 Å². The van der Waals surface area contributed by atoms with Crippen LogP contribution in [0.25, 0.3) is 0 Å². The summed E-state index contributed by atoms with van der Waals surface area (Å²) in [7, 11) is 0. The summed E-state index contributed by atoms with van der Waals surface area (Å²) in [4.78, 5) is 4.61. The predicted octanol–water partition coefficient (Wildman–Crippen LogP) is 10.7. The number of hydrogen-bond acceptors (Lipinski definition) is 4. The minimum atomic E-state index is 0. The quantitative estimate of drug-likeness (QED) is 0.0575. The molecule has 0 radical (unpaired) electrons. The molecule has 0 amide bonds. The molecule has 0 rings (SSSR count). The first kappa shape index (κ1) is 46.4. The van der Waals surface area contributed by atoms with Gasteiger partial charge in [-0.05, 0) is 49.4 Å². The average molecular weight is 658 g/mol. The van der Waals surface area contributed by atoms with E-state index in [-0.39, 0.29) is 23.1 Å². The molecule has 4 unspecified atom stereocenters. The second-order valence-electron chi connectivity index (χ2n) is 12.0. The van der Waals surface area contributed by atoms with Crippen molar-refractivity contribution in [3.8, 4) is 0 Å². The molecule has 0 aromatic heterocycles. The van der Waals surface area contributed by atoms with Gasteiger partial charge >= 0.3 is 23.1 Å². The van der Waals surface area contributed by atoms with Crippen LogP contribution in [-0.2, 0) is 25.3 Å². The second-order valence-corrected chi connectivity index (χ2v) is 14.1. The first-order chi connectivity index (χ1) is 19.2. The fourth-order valence-corrected chi connectivity index (χ4v) is 5.96. The standard InChI is InChI=1S/2C17H35NS2.Mg/c2*1-5-9-11-15(7-3)13-18(17(19)20)14-16(8-4)12-10-6-2;/h2*15-16H,5-14H2,1-4H3,(H,19,20);/q;;+2/p-2. The summed E-state index contributed by atoms with van der Waals surface area (Å²) in [6.07, 6.45) is 20.6. The van der Waals surface area contributed by atoms with Gasteiger partial charge in [0.2, 0.25) is 0 Å². The van der Waals surface area contributed by atoms with Crippen molar-refractivity contribution in [3.63, 3.8) is 0 Å². The molecule has 41 heavy (non-hydrogen) atoms. The summed E-state index contributed by atoms with van der Waals surface area (Å²) >= 11 is 21.3. The summed E-state index contributed by atoms with van der Waals surface area (Å²) < 4.78 is 1.35. The van der Waals surface area contributed by atoms with Gasteiger partial charge in [-0.25, -0.2) is 0 Å². The molecule has 240 valence electrons. The Morgan fingerprint density at radius 2 is 0.659 bits per heavy atom. The molecule has 4 atom stereocenters. The van der Waals surface area contributed by atoms with Crippen molar-refractivity contribution in [2.75, 3.05) is 26.2 Å². The minimum Gasteiger partial charge on any atom is -0.411 e. The van der Waals surface area contributed by atoms with Gasteiger partial charge in [0, 0.05) is 26.2 Å². The van der Waals surface area contributed by atoms with Crippen LogP contribution in [0.5, 0.6) is 0 Å². The van der Waals surface area contributed by atoms with E-state index in [1.54, 1.807) is 0 Å². The Labute approximate surface area is 297 Å². The van der Waals surface area contributed by atoms with Crippen LogP contribution in [0.3, 0.4) is 0 Å². The van der Waals surface area contributed by atoms with Crippen LogP contribution < -0.4 is 0 Å². The third-order valence-electron chi connectivity index (χ3n) is 8.60. The van der Waals surface area contributed by atoms with E-state index in [1.807, 2.05) is 0 Å². The van der Waals surface area contributed by atoms with Gasteiger partial charge in [-0.15, -0.1) is 0 Å². The van der Waals surface area contributed by atoms with Gasteiger partial charge in [0.05, 0.1) is 0 Å². The van der Waals surface area contributed by atoms with Crippen LogP contribution in [-0.4, -0.2) is 67.7 Å². The van der Waals surface area contributed by atoms with Crippen LogP contribution in [0, 0.1) is 23.7 Å². The fraction of sp³-hybridized carbons (Fsp3) is 0.941. The molecule has 2 nitrogen and oxygen atoms in total. The molecule has 0 spiro atoms. The summed E-state index contributed by atoms with van der Waals surface area (Å²) in [6.45, 7) is 22.5. The van der Waals surface area contributed by atoms with E-state index in [0.29, 0.717) is 8.64 Å². The van der Waals surface area contributed by atoms with Crippen molar-refractivity contribution in [3.05, 3.63) is 0 Å². The molecule has 0 N–H and O–H groups in total. The van der Waals surface area contributed by atoms with E-state index in [9.17, 15) is 0 Å². The van der Waals surface area contributed by atoms with E-state index in [0.717, 1.165) is 49.9 Å². The zero-order valence-corrected chi connectivity index (χ0v) is 33.4. The SMILES string of the molecule is CCCCC(CC)CN(CC(CC)CCCC)C(=S)[S-].CCCCC(CC)CN(CC(CC)CCCC)C(=S)[S-].[Mg+2]. The first-order valence-corrected chi connectivity index (χ1v) is 18.7. The Hall–Kier alpha value is 0.986. The smallest absolute Gasteiger partial charge is 0.411 e. The molecule has 0 heterocycles. The van der Waals surface area contributed by atoms with E-state index >= 15 is 0 Å². The second kappa shape index (κ2) is 32.4. The number of hydrogen-bond donors (Lipinski definition) is 0. The maximum absolute atomic E-state index is 5.32. The summed E-state index contributed by atoms with van der Waals surface area (Å²) in [6, 6.07) is 0. The fourth-order valence-electron chi connectivity index (χ4n) is 5.36. The van der Waals surface area contributed by atoms with Gasteiger partial charge < -0.3 is 59.5 Å². The third kappa shape index (κ3) is 26.0. The zero-order valence-electron chi connectivity index (χ0n) is 28.7. The number of thiocarbonyl (C=S) groups is 2. The van der Waals surface area contributed by atoms with Crippen molar-refractivity contribution < 1.29 is 0 Å². The molecule has 0 aliphatic heterocycles. The van der Waals surface area contributed by atoms with Gasteiger partial charge in [-0.1, -0.05) is 141 Å². The number of rotatable bonds is 24. The number of unbranched alkanes of at least 4 members (excludes halogenated alkanes) is 4. The number of nitrogens with zero attached hydrogens (tertiary/aromatic N) is 2. The molecular weight excluding hydrogens is 589 g/mol.